The Morgan fingerprint density at radius 3 is 2.87 bits per heavy atom. The van der Waals surface area contributed by atoms with E-state index in [1.54, 1.807) is 16.9 Å². The van der Waals surface area contributed by atoms with Gasteiger partial charge in [0.15, 0.2) is 5.76 Å². The highest BCUT2D eigenvalue weighted by atomic mass is 32.1. The number of halogens is 2. The van der Waals surface area contributed by atoms with Crippen LogP contribution in [0.1, 0.15) is 16.2 Å². The van der Waals surface area contributed by atoms with Gasteiger partial charge in [-0.25, -0.2) is 9.48 Å². The van der Waals surface area contributed by atoms with E-state index < -0.39 is 18.1 Å². The van der Waals surface area contributed by atoms with E-state index in [0.29, 0.717) is 5.13 Å². The summed E-state index contributed by atoms with van der Waals surface area (Å²) in [5.74, 6) is -1.32. The fraction of sp³-hybridized carbons (Fsp3) is 0.312. The highest BCUT2D eigenvalue weighted by Gasteiger charge is 2.19. The monoisotopic (exact) mass is 442 g/mol. The Bertz CT molecular complexity index is 1080. The summed E-state index contributed by atoms with van der Waals surface area (Å²) in [6.07, 6.45) is 1.60. The van der Waals surface area contributed by atoms with Crippen LogP contribution in [0.25, 0.3) is 5.13 Å². The average Bonchev–Trinajstić information content (AvgIpc) is 3.33. The van der Waals surface area contributed by atoms with Crippen LogP contribution in [0, 0.1) is 6.92 Å². The van der Waals surface area contributed by atoms with E-state index in [4.69, 9.17) is 9.15 Å². The molecule has 2 N–H and O–H groups in total. The summed E-state index contributed by atoms with van der Waals surface area (Å²) in [5.41, 5.74) is -0.00820. The molecule has 14 heteroatoms. The molecule has 0 spiro atoms. The van der Waals surface area contributed by atoms with Crippen molar-refractivity contribution in [1.29, 1.82) is 0 Å². The maximum Gasteiger partial charge on any atom is 0.381 e. The van der Waals surface area contributed by atoms with Crippen LogP contribution < -0.4 is 21.0 Å². The lowest BCUT2D eigenvalue weighted by atomic mass is 10.3. The fourth-order valence-corrected chi connectivity index (χ4v) is 3.09. The first-order valence-corrected chi connectivity index (χ1v) is 9.22. The van der Waals surface area contributed by atoms with Gasteiger partial charge < -0.3 is 19.2 Å². The normalized spacial score (nSPS) is 11.0. The van der Waals surface area contributed by atoms with Crippen LogP contribution >= 0.6 is 11.3 Å². The number of nitrogens with one attached hydrogen (secondary N) is 2. The summed E-state index contributed by atoms with van der Waals surface area (Å²) < 4.78 is 39.7. The second-order valence-electron chi connectivity index (χ2n) is 5.63. The second-order valence-corrected chi connectivity index (χ2v) is 6.59. The third-order valence-corrected chi connectivity index (χ3v) is 4.46. The highest BCUT2D eigenvalue weighted by molar-refractivity contribution is 7.17. The molecular formula is C16H16F2N6O5S. The number of anilines is 2. The van der Waals surface area contributed by atoms with E-state index in [1.807, 2.05) is 6.92 Å². The van der Waals surface area contributed by atoms with Crippen molar-refractivity contribution < 1.29 is 27.5 Å². The number of carbonyl (C=O) groups excluding carboxylic acids is 1. The lowest BCUT2D eigenvalue weighted by Gasteiger charge is -2.11. The van der Waals surface area contributed by atoms with Gasteiger partial charge in [0, 0.05) is 24.5 Å². The van der Waals surface area contributed by atoms with Gasteiger partial charge in [0.05, 0.1) is 19.4 Å². The summed E-state index contributed by atoms with van der Waals surface area (Å²) in [5, 5.41) is 17.7. The standard InChI is InChI=1S/C16H16F2N6O5S/c1-8-3-4-20-24(8)16-23-22-15(30-16)21-12(25)10-7-9(11(27-2)13(26)29-10)19-5-6-28-14(17)18/h3-4,7,14,19H,5-6H2,1-2H3,(H,21,22,25). The first-order valence-electron chi connectivity index (χ1n) is 8.40. The molecule has 30 heavy (non-hydrogen) atoms. The summed E-state index contributed by atoms with van der Waals surface area (Å²) in [7, 11) is 1.23. The predicted molar refractivity (Wildman–Crippen MR) is 102 cm³/mol. The number of rotatable bonds is 9. The number of hydrogen-bond acceptors (Lipinski definition) is 10. The second kappa shape index (κ2) is 9.41. The SMILES string of the molecule is COc1c(NCCOC(F)F)cc(C(=O)Nc2nnc(-n3nccc3C)s2)oc1=O. The van der Waals surface area contributed by atoms with Crippen LogP contribution in [0.15, 0.2) is 27.5 Å². The lowest BCUT2D eigenvalue weighted by molar-refractivity contribution is -0.125. The van der Waals surface area contributed by atoms with Crippen molar-refractivity contribution in [2.45, 2.75) is 13.5 Å². The van der Waals surface area contributed by atoms with E-state index >= 15 is 0 Å². The Morgan fingerprint density at radius 1 is 1.40 bits per heavy atom. The Kier molecular flexibility index (Phi) is 6.68. The van der Waals surface area contributed by atoms with Gasteiger partial charge in [-0.3, -0.25) is 10.1 Å². The van der Waals surface area contributed by atoms with Crippen LogP contribution in [0.4, 0.5) is 19.6 Å². The molecule has 11 nitrogen and oxygen atoms in total. The third kappa shape index (κ3) is 4.96. The highest BCUT2D eigenvalue weighted by Crippen LogP contribution is 2.23. The first-order chi connectivity index (χ1) is 14.4. The zero-order valence-electron chi connectivity index (χ0n) is 15.7. The number of amides is 1. The number of ether oxygens (including phenoxy) is 2. The molecule has 3 heterocycles. The number of aromatic nitrogens is 4. The minimum absolute atomic E-state index is 0.0613. The van der Waals surface area contributed by atoms with Gasteiger partial charge >= 0.3 is 12.2 Å². The van der Waals surface area contributed by atoms with E-state index in [9.17, 15) is 18.4 Å². The Morgan fingerprint density at radius 2 is 2.20 bits per heavy atom. The smallest absolute Gasteiger partial charge is 0.381 e. The van der Waals surface area contributed by atoms with E-state index in [0.717, 1.165) is 17.0 Å². The summed E-state index contributed by atoms with van der Waals surface area (Å²) in [4.78, 5) is 24.6. The summed E-state index contributed by atoms with van der Waals surface area (Å²) in [6, 6.07) is 2.99. The molecule has 0 fully saturated rings. The number of alkyl halides is 2. The number of hydrogen-bond donors (Lipinski definition) is 2. The number of methoxy groups -OCH3 is 1. The van der Waals surface area contributed by atoms with Crippen molar-refractivity contribution in [2.24, 2.45) is 0 Å². The molecule has 1 amide bonds. The van der Waals surface area contributed by atoms with Gasteiger partial charge in [0.1, 0.15) is 0 Å². The van der Waals surface area contributed by atoms with Crippen LogP contribution in [0.3, 0.4) is 0 Å². The molecule has 0 saturated carbocycles. The van der Waals surface area contributed by atoms with E-state index in [2.05, 4.69) is 30.7 Å². The van der Waals surface area contributed by atoms with Crippen LogP contribution in [0.5, 0.6) is 5.75 Å². The maximum absolute atomic E-state index is 12.5. The number of carbonyl (C=O) groups is 1. The van der Waals surface area contributed by atoms with Crippen molar-refractivity contribution in [3.63, 3.8) is 0 Å². The van der Waals surface area contributed by atoms with Gasteiger partial charge in [-0.15, -0.1) is 10.2 Å². The molecule has 0 saturated heterocycles. The Hall–Kier alpha value is -3.39. The molecule has 160 valence electrons. The van der Waals surface area contributed by atoms with Crippen molar-refractivity contribution in [1.82, 2.24) is 20.0 Å². The molecule has 0 aliphatic rings. The zero-order chi connectivity index (χ0) is 21.7. The minimum atomic E-state index is -2.92. The molecule has 3 rings (SSSR count). The lowest BCUT2D eigenvalue weighted by Crippen LogP contribution is -2.19. The van der Waals surface area contributed by atoms with Crippen molar-refractivity contribution in [3.05, 3.63) is 40.2 Å². The van der Waals surface area contributed by atoms with Crippen LogP contribution in [-0.4, -0.2) is 52.8 Å². The van der Waals surface area contributed by atoms with Crippen LogP contribution in [-0.2, 0) is 4.74 Å². The van der Waals surface area contributed by atoms with Crippen molar-refractivity contribution in [2.75, 3.05) is 30.9 Å². The summed E-state index contributed by atoms with van der Waals surface area (Å²) >= 11 is 1.06. The van der Waals surface area contributed by atoms with Gasteiger partial charge in [0.25, 0.3) is 5.91 Å². The number of aryl methyl sites for hydroxylation is 1. The van der Waals surface area contributed by atoms with Gasteiger partial charge in [-0.05, 0) is 13.0 Å². The maximum atomic E-state index is 12.5. The van der Waals surface area contributed by atoms with Gasteiger partial charge in [-0.1, -0.05) is 11.3 Å². The first kappa shape index (κ1) is 21.3. The number of nitrogens with zero attached hydrogens (tertiary/aromatic N) is 4. The van der Waals surface area contributed by atoms with Crippen molar-refractivity contribution >= 4 is 28.1 Å². The zero-order valence-corrected chi connectivity index (χ0v) is 16.5. The molecule has 3 aromatic heterocycles. The molecule has 0 radical (unpaired) electrons. The van der Waals surface area contributed by atoms with E-state index in [-0.39, 0.29) is 35.5 Å². The topological polar surface area (TPSA) is 133 Å². The molecule has 0 aromatic carbocycles. The van der Waals surface area contributed by atoms with Crippen LogP contribution in [0.2, 0.25) is 0 Å². The Balaban J connectivity index is 1.74. The molecular weight excluding hydrogens is 426 g/mol. The van der Waals surface area contributed by atoms with Gasteiger partial charge in [0.2, 0.25) is 16.0 Å². The molecule has 0 aliphatic carbocycles. The minimum Gasteiger partial charge on any atom is -0.488 e. The molecule has 0 aliphatic heterocycles. The third-order valence-electron chi connectivity index (χ3n) is 3.65. The molecule has 3 aromatic rings. The van der Waals surface area contributed by atoms with Gasteiger partial charge in [-0.2, -0.15) is 13.9 Å². The summed E-state index contributed by atoms with van der Waals surface area (Å²) in [6.45, 7) is -1.48. The quantitative estimate of drug-likeness (QED) is 0.477. The fourth-order valence-electron chi connectivity index (χ4n) is 2.33. The van der Waals surface area contributed by atoms with Crippen molar-refractivity contribution in [3.8, 4) is 10.9 Å². The molecule has 0 bridgehead atoms. The predicted octanol–water partition coefficient (Wildman–Crippen LogP) is 1.90. The molecule has 0 unspecified atom stereocenters. The average molecular weight is 442 g/mol. The Labute approximate surface area is 171 Å². The van der Waals surface area contributed by atoms with E-state index in [1.165, 1.54) is 13.2 Å². The largest absolute Gasteiger partial charge is 0.488 e. The molecule has 0 atom stereocenters.